The summed E-state index contributed by atoms with van der Waals surface area (Å²) in [6.07, 6.45) is -2.22. The Morgan fingerprint density at radius 2 is 2.10 bits per heavy atom. The van der Waals surface area contributed by atoms with Crippen LogP contribution < -0.4 is 10.2 Å². The number of non-ortho nitro benzene ring substituents is 1. The average molecular weight is 408 g/mol. The molecule has 29 heavy (non-hydrogen) atoms. The van der Waals surface area contributed by atoms with Crippen LogP contribution >= 0.6 is 0 Å². The number of halogens is 3. The van der Waals surface area contributed by atoms with Gasteiger partial charge >= 0.3 is 6.18 Å². The lowest BCUT2D eigenvalue weighted by atomic mass is 9.96. The van der Waals surface area contributed by atoms with E-state index in [1.54, 1.807) is 6.92 Å². The number of rotatable bonds is 4. The van der Waals surface area contributed by atoms with Gasteiger partial charge in [0.25, 0.3) is 5.69 Å². The third kappa shape index (κ3) is 4.64. The molecule has 2 aromatic rings. The SMILES string of the molecule is Cc1ccc([N+](=O)[O-])cc1NC(=O)[C@H]1CCCN(c2ncccc2C(F)(F)F)C1. The lowest BCUT2D eigenvalue weighted by molar-refractivity contribution is -0.384. The second-order valence-corrected chi connectivity index (χ2v) is 6.90. The second kappa shape index (κ2) is 8.06. The van der Waals surface area contributed by atoms with E-state index >= 15 is 0 Å². The molecule has 1 aliphatic heterocycles. The molecule has 1 amide bonds. The van der Waals surface area contributed by atoms with Gasteiger partial charge in [0.1, 0.15) is 5.82 Å². The van der Waals surface area contributed by atoms with Crippen LogP contribution in [0.5, 0.6) is 0 Å². The van der Waals surface area contributed by atoms with Crippen LogP contribution in [-0.2, 0) is 11.0 Å². The molecule has 2 heterocycles. The lowest BCUT2D eigenvalue weighted by Crippen LogP contribution is -2.42. The molecular weight excluding hydrogens is 389 g/mol. The maximum atomic E-state index is 13.3. The molecule has 154 valence electrons. The number of nitro groups is 1. The van der Waals surface area contributed by atoms with Crippen molar-refractivity contribution in [2.75, 3.05) is 23.3 Å². The summed E-state index contributed by atoms with van der Waals surface area (Å²) in [4.78, 5) is 28.5. The van der Waals surface area contributed by atoms with Crippen molar-refractivity contribution >= 4 is 23.1 Å². The molecule has 1 fully saturated rings. The van der Waals surface area contributed by atoms with Crippen molar-refractivity contribution in [1.82, 2.24) is 4.98 Å². The monoisotopic (exact) mass is 408 g/mol. The van der Waals surface area contributed by atoms with Gasteiger partial charge in [-0.1, -0.05) is 6.07 Å². The number of nitro benzene ring substituents is 1. The van der Waals surface area contributed by atoms with E-state index in [2.05, 4.69) is 10.3 Å². The predicted octanol–water partition coefficient (Wildman–Crippen LogP) is 4.17. The second-order valence-electron chi connectivity index (χ2n) is 6.90. The highest BCUT2D eigenvalue weighted by atomic mass is 19.4. The average Bonchev–Trinajstić information content (AvgIpc) is 2.69. The number of hydrogen-bond donors (Lipinski definition) is 1. The Labute approximate surface area is 164 Å². The Hall–Kier alpha value is -3.17. The normalized spacial score (nSPS) is 17.1. The van der Waals surface area contributed by atoms with E-state index in [0.717, 1.165) is 6.07 Å². The molecule has 0 bridgehead atoms. The maximum absolute atomic E-state index is 13.3. The van der Waals surface area contributed by atoms with Crippen LogP contribution in [-0.4, -0.2) is 28.9 Å². The van der Waals surface area contributed by atoms with Crippen LogP contribution in [0.15, 0.2) is 36.5 Å². The molecule has 3 rings (SSSR count). The van der Waals surface area contributed by atoms with Crippen molar-refractivity contribution in [3.8, 4) is 0 Å². The zero-order chi connectivity index (χ0) is 21.2. The van der Waals surface area contributed by atoms with Crippen LogP contribution in [0.4, 0.5) is 30.4 Å². The van der Waals surface area contributed by atoms with Gasteiger partial charge in [-0.3, -0.25) is 14.9 Å². The van der Waals surface area contributed by atoms with E-state index in [0.29, 0.717) is 30.6 Å². The van der Waals surface area contributed by atoms with E-state index in [1.165, 1.54) is 35.4 Å². The number of nitrogens with zero attached hydrogens (tertiary/aromatic N) is 3. The summed E-state index contributed by atoms with van der Waals surface area (Å²) in [5, 5.41) is 13.6. The number of hydrogen-bond acceptors (Lipinski definition) is 5. The van der Waals surface area contributed by atoms with Gasteiger partial charge in [0.15, 0.2) is 0 Å². The highest BCUT2D eigenvalue weighted by molar-refractivity contribution is 5.94. The molecule has 1 N–H and O–H groups in total. The van der Waals surface area contributed by atoms with Gasteiger partial charge in [-0.2, -0.15) is 13.2 Å². The number of carbonyl (C=O) groups is 1. The Kier molecular flexibility index (Phi) is 5.71. The first-order chi connectivity index (χ1) is 13.7. The molecule has 1 aliphatic rings. The number of aromatic nitrogens is 1. The Bertz CT molecular complexity index is 933. The summed E-state index contributed by atoms with van der Waals surface area (Å²) >= 11 is 0. The number of nitrogens with one attached hydrogen (secondary N) is 1. The number of pyridine rings is 1. The number of aryl methyl sites for hydroxylation is 1. The van der Waals surface area contributed by atoms with Crippen molar-refractivity contribution in [3.63, 3.8) is 0 Å². The molecule has 10 heteroatoms. The Morgan fingerprint density at radius 3 is 2.79 bits per heavy atom. The first-order valence-corrected chi connectivity index (χ1v) is 9.00. The predicted molar refractivity (Wildman–Crippen MR) is 101 cm³/mol. The fourth-order valence-corrected chi connectivity index (χ4v) is 3.35. The first-order valence-electron chi connectivity index (χ1n) is 9.00. The van der Waals surface area contributed by atoms with E-state index in [1.807, 2.05) is 0 Å². The molecular formula is C19H19F3N4O3. The van der Waals surface area contributed by atoms with Gasteiger partial charge in [0.2, 0.25) is 5.91 Å². The number of piperidine rings is 1. The minimum Gasteiger partial charge on any atom is -0.355 e. The number of alkyl halides is 3. The minimum atomic E-state index is -4.54. The van der Waals surface area contributed by atoms with Gasteiger partial charge in [-0.05, 0) is 37.5 Å². The van der Waals surface area contributed by atoms with E-state index < -0.39 is 22.6 Å². The molecule has 0 spiro atoms. The molecule has 1 aromatic heterocycles. The van der Waals surface area contributed by atoms with E-state index in [9.17, 15) is 28.1 Å². The van der Waals surface area contributed by atoms with Crippen LogP contribution in [0.2, 0.25) is 0 Å². The van der Waals surface area contributed by atoms with Crippen LogP contribution in [0.25, 0.3) is 0 Å². The third-order valence-electron chi connectivity index (χ3n) is 4.87. The third-order valence-corrected chi connectivity index (χ3v) is 4.87. The summed E-state index contributed by atoms with van der Waals surface area (Å²) in [7, 11) is 0. The van der Waals surface area contributed by atoms with Crippen molar-refractivity contribution in [1.29, 1.82) is 0 Å². The highest BCUT2D eigenvalue weighted by Crippen LogP contribution is 2.36. The first kappa shape index (κ1) is 20.6. The summed E-state index contributed by atoms with van der Waals surface area (Å²) in [5.41, 5.74) is -0.0223. The number of amides is 1. The fraction of sp³-hybridized carbons (Fsp3) is 0.368. The summed E-state index contributed by atoms with van der Waals surface area (Å²) in [5.74, 6) is -1.14. The van der Waals surface area contributed by atoms with Crippen LogP contribution in [0.3, 0.4) is 0 Å². The van der Waals surface area contributed by atoms with Crippen molar-refractivity contribution < 1.29 is 22.9 Å². The van der Waals surface area contributed by atoms with Gasteiger partial charge in [-0.15, -0.1) is 0 Å². The lowest BCUT2D eigenvalue weighted by Gasteiger charge is -2.34. The van der Waals surface area contributed by atoms with E-state index in [4.69, 9.17) is 0 Å². The largest absolute Gasteiger partial charge is 0.419 e. The van der Waals surface area contributed by atoms with Gasteiger partial charge in [0.05, 0.1) is 22.1 Å². The Balaban J connectivity index is 1.78. The number of carbonyl (C=O) groups excluding carboxylic acids is 1. The highest BCUT2D eigenvalue weighted by Gasteiger charge is 2.37. The molecule has 0 radical (unpaired) electrons. The smallest absolute Gasteiger partial charge is 0.355 e. The quantitative estimate of drug-likeness (QED) is 0.606. The topological polar surface area (TPSA) is 88.4 Å². The van der Waals surface area contributed by atoms with Crippen LogP contribution in [0.1, 0.15) is 24.0 Å². The maximum Gasteiger partial charge on any atom is 0.419 e. The van der Waals surface area contributed by atoms with Crippen molar-refractivity contribution in [2.45, 2.75) is 25.9 Å². The zero-order valence-electron chi connectivity index (χ0n) is 15.6. The zero-order valence-corrected chi connectivity index (χ0v) is 15.6. The molecule has 0 aliphatic carbocycles. The standard InChI is InChI=1S/C19H19F3N4O3/c1-12-6-7-14(26(28)29)10-16(12)24-18(27)13-4-3-9-25(11-13)17-15(19(20,21)22)5-2-8-23-17/h2,5-8,10,13H,3-4,9,11H2,1H3,(H,24,27)/t13-/m0/s1. The minimum absolute atomic E-state index is 0.0832. The molecule has 1 aromatic carbocycles. The summed E-state index contributed by atoms with van der Waals surface area (Å²) < 4.78 is 39.9. The molecule has 7 nitrogen and oxygen atoms in total. The van der Waals surface area contributed by atoms with Gasteiger partial charge in [0, 0.05) is 31.4 Å². The number of anilines is 2. The molecule has 1 saturated heterocycles. The van der Waals surface area contributed by atoms with Crippen LogP contribution in [0, 0.1) is 23.0 Å². The molecule has 0 unspecified atom stereocenters. The van der Waals surface area contributed by atoms with Crippen molar-refractivity contribution in [2.24, 2.45) is 5.92 Å². The van der Waals surface area contributed by atoms with Gasteiger partial charge < -0.3 is 10.2 Å². The Morgan fingerprint density at radius 1 is 1.34 bits per heavy atom. The summed E-state index contributed by atoms with van der Waals surface area (Å²) in [6, 6.07) is 6.34. The fourth-order valence-electron chi connectivity index (χ4n) is 3.35. The summed E-state index contributed by atoms with van der Waals surface area (Å²) in [6.45, 7) is 2.15. The number of benzene rings is 1. The van der Waals surface area contributed by atoms with Crippen molar-refractivity contribution in [3.05, 3.63) is 57.8 Å². The molecule has 1 atom stereocenters. The molecule has 0 saturated carbocycles. The van der Waals surface area contributed by atoms with E-state index in [-0.39, 0.29) is 24.0 Å². The van der Waals surface area contributed by atoms with Gasteiger partial charge in [-0.25, -0.2) is 4.98 Å².